The molecular weight excluding hydrogens is 493 g/mol. The van der Waals surface area contributed by atoms with Gasteiger partial charge in [-0.3, -0.25) is 0 Å². The van der Waals surface area contributed by atoms with Crippen LogP contribution < -0.4 is 4.18 Å². The maximum atomic E-state index is 12.8. The van der Waals surface area contributed by atoms with Crippen LogP contribution in [0.1, 0.15) is 0 Å². The number of fused-ring (bicyclic) bond motifs is 9. The summed E-state index contributed by atoms with van der Waals surface area (Å²) in [6.07, 6.45) is 0. The van der Waals surface area contributed by atoms with Crippen LogP contribution in [-0.4, -0.2) is 5.51 Å². The summed E-state index contributed by atoms with van der Waals surface area (Å²) in [5.41, 5.74) is -1.50. The Morgan fingerprint density at radius 3 is 1.76 bits per heavy atom. The SMILES string of the molecule is FC(F)(F)SOc1cccc2oc3ccc(-c4ccc5c6ccccc6c6ccccc6c5c4)cc3c12. The van der Waals surface area contributed by atoms with Gasteiger partial charge in [-0.25, -0.2) is 0 Å². The zero-order valence-electron chi connectivity index (χ0n) is 19.2. The fraction of sp³-hybridized carbons (Fsp3) is 0.0323. The van der Waals surface area contributed by atoms with Crippen molar-refractivity contribution in [2.24, 2.45) is 0 Å². The van der Waals surface area contributed by atoms with E-state index in [1.54, 1.807) is 12.1 Å². The highest BCUT2D eigenvalue weighted by molar-refractivity contribution is 7.95. The molecule has 7 aromatic rings. The molecular formula is C31H17F3O2S. The molecule has 0 saturated heterocycles. The largest absolute Gasteiger partial charge is 0.479 e. The van der Waals surface area contributed by atoms with E-state index in [0.29, 0.717) is 21.9 Å². The lowest BCUT2D eigenvalue weighted by molar-refractivity contribution is -0.0369. The maximum absolute atomic E-state index is 12.8. The van der Waals surface area contributed by atoms with Crippen molar-refractivity contribution >= 4 is 66.3 Å². The Bertz CT molecular complexity index is 1950. The Morgan fingerprint density at radius 2 is 1.11 bits per heavy atom. The molecule has 0 bridgehead atoms. The van der Waals surface area contributed by atoms with Crippen molar-refractivity contribution in [2.45, 2.75) is 5.51 Å². The maximum Gasteiger partial charge on any atom is 0.479 e. The molecule has 0 aliphatic rings. The first-order valence-electron chi connectivity index (χ1n) is 11.7. The van der Waals surface area contributed by atoms with Gasteiger partial charge in [0.15, 0.2) is 12.0 Å². The molecule has 0 saturated carbocycles. The van der Waals surface area contributed by atoms with Crippen LogP contribution in [0.4, 0.5) is 13.2 Å². The van der Waals surface area contributed by atoms with Crippen molar-refractivity contribution in [3.8, 4) is 16.9 Å². The molecule has 1 aromatic heterocycles. The van der Waals surface area contributed by atoms with Crippen LogP contribution in [0.3, 0.4) is 0 Å². The highest BCUT2D eigenvalue weighted by atomic mass is 32.2. The lowest BCUT2D eigenvalue weighted by atomic mass is 9.92. The molecule has 7 rings (SSSR count). The van der Waals surface area contributed by atoms with Gasteiger partial charge in [0.05, 0.1) is 5.39 Å². The first kappa shape index (κ1) is 22.1. The summed E-state index contributed by atoms with van der Waals surface area (Å²) in [7, 11) is 0. The van der Waals surface area contributed by atoms with Gasteiger partial charge in [0.2, 0.25) is 0 Å². The van der Waals surface area contributed by atoms with Gasteiger partial charge < -0.3 is 8.60 Å². The zero-order valence-corrected chi connectivity index (χ0v) is 20.0. The molecule has 0 fully saturated rings. The molecule has 180 valence electrons. The minimum absolute atomic E-state index is 0.117. The molecule has 0 radical (unpaired) electrons. The molecule has 0 aliphatic heterocycles. The van der Waals surface area contributed by atoms with Gasteiger partial charge in [-0.05, 0) is 73.8 Å². The Hall–Kier alpha value is -4.16. The molecule has 37 heavy (non-hydrogen) atoms. The van der Waals surface area contributed by atoms with E-state index >= 15 is 0 Å². The summed E-state index contributed by atoms with van der Waals surface area (Å²) in [6, 6.07) is 33.9. The van der Waals surface area contributed by atoms with Crippen LogP contribution in [0.5, 0.6) is 5.75 Å². The molecule has 1 heterocycles. The molecule has 6 heteroatoms. The highest BCUT2D eigenvalue weighted by Crippen LogP contribution is 2.42. The second-order valence-electron chi connectivity index (χ2n) is 8.91. The number of benzene rings is 6. The first-order valence-corrected chi connectivity index (χ1v) is 12.4. The molecule has 0 N–H and O–H groups in total. The molecule has 0 spiro atoms. The number of hydrogen-bond acceptors (Lipinski definition) is 3. The Balaban J connectivity index is 1.44. The predicted octanol–water partition coefficient (Wildman–Crippen LogP) is 10.3. The van der Waals surface area contributed by atoms with Crippen LogP contribution >= 0.6 is 12.0 Å². The van der Waals surface area contributed by atoms with Crippen molar-refractivity contribution in [3.63, 3.8) is 0 Å². The Labute approximate surface area is 213 Å². The smallest absolute Gasteiger partial charge is 0.456 e. The zero-order chi connectivity index (χ0) is 25.1. The highest BCUT2D eigenvalue weighted by Gasteiger charge is 2.32. The molecule has 0 unspecified atom stereocenters. The second kappa shape index (κ2) is 8.18. The summed E-state index contributed by atoms with van der Waals surface area (Å²) < 4.78 is 49.4. The average molecular weight is 511 g/mol. The van der Waals surface area contributed by atoms with Gasteiger partial charge >= 0.3 is 5.51 Å². The first-order chi connectivity index (χ1) is 18.0. The van der Waals surface area contributed by atoms with E-state index < -0.39 is 17.6 Å². The predicted molar refractivity (Wildman–Crippen MR) is 146 cm³/mol. The molecule has 0 amide bonds. The van der Waals surface area contributed by atoms with Crippen LogP contribution in [0.15, 0.2) is 108 Å². The summed E-state index contributed by atoms with van der Waals surface area (Å²) in [6.45, 7) is 0. The van der Waals surface area contributed by atoms with E-state index in [1.165, 1.54) is 33.0 Å². The van der Waals surface area contributed by atoms with Gasteiger partial charge in [-0.1, -0.05) is 72.8 Å². The van der Waals surface area contributed by atoms with Crippen LogP contribution in [0.25, 0.3) is 65.4 Å². The third-order valence-corrected chi connectivity index (χ3v) is 7.21. The van der Waals surface area contributed by atoms with Crippen LogP contribution in [-0.2, 0) is 0 Å². The number of furan rings is 1. The summed E-state index contributed by atoms with van der Waals surface area (Å²) in [5, 5.41) is 8.33. The minimum Gasteiger partial charge on any atom is -0.456 e. The molecule has 2 nitrogen and oxygen atoms in total. The van der Waals surface area contributed by atoms with Crippen LogP contribution in [0, 0.1) is 0 Å². The molecule has 0 aliphatic carbocycles. The topological polar surface area (TPSA) is 22.4 Å². The summed E-state index contributed by atoms with van der Waals surface area (Å²) in [5.74, 6) is 0.117. The quantitative estimate of drug-likeness (QED) is 0.174. The number of rotatable bonds is 3. The van der Waals surface area contributed by atoms with E-state index in [9.17, 15) is 13.2 Å². The third-order valence-electron chi connectivity index (χ3n) is 6.76. The van der Waals surface area contributed by atoms with Crippen molar-refractivity contribution in [3.05, 3.63) is 103 Å². The normalized spacial score (nSPS) is 12.3. The minimum atomic E-state index is -4.51. The van der Waals surface area contributed by atoms with E-state index in [0.717, 1.165) is 16.5 Å². The number of alkyl halides is 3. The van der Waals surface area contributed by atoms with Crippen molar-refractivity contribution in [1.29, 1.82) is 0 Å². The van der Waals surface area contributed by atoms with Crippen molar-refractivity contribution < 1.29 is 21.8 Å². The van der Waals surface area contributed by atoms with Gasteiger partial charge in [-0.15, -0.1) is 0 Å². The summed E-state index contributed by atoms with van der Waals surface area (Å²) >= 11 is -0.524. The molecule has 6 aromatic carbocycles. The second-order valence-corrected chi connectivity index (χ2v) is 9.70. The average Bonchev–Trinajstić information content (AvgIpc) is 3.30. The fourth-order valence-corrected chi connectivity index (χ4v) is 5.55. The van der Waals surface area contributed by atoms with E-state index in [4.69, 9.17) is 8.60 Å². The third kappa shape index (κ3) is 3.67. The van der Waals surface area contributed by atoms with Crippen molar-refractivity contribution in [1.82, 2.24) is 0 Å². The van der Waals surface area contributed by atoms with E-state index in [1.807, 2.05) is 24.3 Å². The van der Waals surface area contributed by atoms with E-state index in [2.05, 4.69) is 60.7 Å². The fourth-order valence-electron chi connectivity index (χ4n) is 5.22. The summed E-state index contributed by atoms with van der Waals surface area (Å²) in [4.78, 5) is 0. The van der Waals surface area contributed by atoms with Gasteiger partial charge in [0, 0.05) is 5.39 Å². The Kier molecular flexibility index (Phi) is 4.88. The lowest BCUT2D eigenvalue weighted by Gasteiger charge is -2.12. The van der Waals surface area contributed by atoms with Gasteiger partial charge in [0.25, 0.3) is 0 Å². The van der Waals surface area contributed by atoms with Gasteiger partial charge in [-0.2, -0.15) is 13.2 Å². The van der Waals surface area contributed by atoms with Crippen LogP contribution in [0.2, 0.25) is 0 Å². The number of halogens is 3. The Morgan fingerprint density at radius 1 is 0.541 bits per heavy atom. The lowest BCUT2D eigenvalue weighted by Crippen LogP contribution is -2.02. The molecule has 0 atom stereocenters. The number of hydrogen-bond donors (Lipinski definition) is 0. The van der Waals surface area contributed by atoms with Gasteiger partial charge in [0.1, 0.15) is 16.9 Å². The van der Waals surface area contributed by atoms with E-state index in [-0.39, 0.29) is 5.75 Å². The monoisotopic (exact) mass is 510 g/mol. The van der Waals surface area contributed by atoms with Crippen molar-refractivity contribution in [2.75, 3.05) is 0 Å². The standard InChI is InChI=1S/C31H17F3O2S/c32-31(33,34)37-36-29-11-5-10-28-30(29)26-17-19(13-15-27(26)35-28)18-12-14-24-22-8-2-1-6-20(22)21-7-3-4-9-23(21)25(24)16-18/h1-17H.